The van der Waals surface area contributed by atoms with Crippen LogP contribution in [0.2, 0.25) is 0 Å². The number of hydrogen-bond donors (Lipinski definition) is 4. The Hall–Kier alpha value is -1.69. The number of carboxylic acids is 1. The minimum Gasteiger partial charge on any atom is -1.00 e. The SMILES string of the molecule is NC1CCC(NCC(O)Cn2nc3c(c2C(=O)O)CCc2cnccc2-3)CC1.[H-].[Li+]. The van der Waals surface area contributed by atoms with E-state index in [1.165, 1.54) is 4.68 Å². The average Bonchev–Trinajstić information content (AvgIpc) is 3.06. The molecule has 2 aliphatic rings. The molecule has 5 N–H and O–H groups in total. The maximum Gasteiger partial charge on any atom is 1.00 e. The van der Waals surface area contributed by atoms with Crippen molar-refractivity contribution in [3.05, 3.63) is 35.3 Å². The Labute approximate surface area is 183 Å². The number of fused-ring (bicyclic) bond motifs is 3. The summed E-state index contributed by atoms with van der Waals surface area (Å²) in [6, 6.07) is 2.52. The number of aliphatic hydroxyl groups is 1. The van der Waals surface area contributed by atoms with Crippen molar-refractivity contribution in [1.82, 2.24) is 20.1 Å². The number of nitrogens with one attached hydrogen (secondary N) is 1. The Morgan fingerprint density at radius 1 is 1.34 bits per heavy atom. The monoisotopic (exact) mass is 393 g/mol. The molecule has 2 aromatic heterocycles. The standard InChI is InChI=1S/C20H27N5O3.Li.H/c21-13-2-4-14(5-3-13)23-10-15(26)11-25-19(20(27)28)17-6-1-12-9-22-8-7-16(12)18(17)24-25;;/h7-9,13-15,23,26H,1-6,10-11,21H2,(H,27,28);;/q;+1;-1. The summed E-state index contributed by atoms with van der Waals surface area (Å²) in [4.78, 5) is 16.1. The zero-order valence-electron chi connectivity index (χ0n) is 17.8. The molecule has 0 saturated heterocycles. The van der Waals surface area contributed by atoms with Crippen molar-refractivity contribution in [3.63, 3.8) is 0 Å². The van der Waals surface area contributed by atoms with E-state index in [1.807, 2.05) is 12.3 Å². The van der Waals surface area contributed by atoms with Crippen LogP contribution in [0.25, 0.3) is 11.3 Å². The third kappa shape index (κ3) is 4.73. The summed E-state index contributed by atoms with van der Waals surface area (Å²) in [7, 11) is 0. The third-order valence-electron chi connectivity index (χ3n) is 5.85. The Morgan fingerprint density at radius 3 is 2.83 bits per heavy atom. The van der Waals surface area contributed by atoms with E-state index in [9.17, 15) is 15.0 Å². The number of carboxylic acid groups (broad SMARTS) is 1. The summed E-state index contributed by atoms with van der Waals surface area (Å²) in [5.74, 6) is -1.01. The van der Waals surface area contributed by atoms with Gasteiger partial charge in [-0.2, -0.15) is 5.10 Å². The van der Waals surface area contributed by atoms with Gasteiger partial charge in [0.15, 0.2) is 0 Å². The molecule has 152 valence electrons. The number of pyridine rings is 1. The van der Waals surface area contributed by atoms with Gasteiger partial charge in [-0.15, -0.1) is 0 Å². The van der Waals surface area contributed by atoms with Gasteiger partial charge in [0.25, 0.3) is 0 Å². The molecule has 1 unspecified atom stereocenters. The fourth-order valence-corrected chi connectivity index (χ4v) is 4.33. The van der Waals surface area contributed by atoms with Crippen LogP contribution >= 0.6 is 0 Å². The Morgan fingerprint density at radius 2 is 2.10 bits per heavy atom. The third-order valence-corrected chi connectivity index (χ3v) is 5.85. The number of aromatic nitrogens is 3. The van der Waals surface area contributed by atoms with Gasteiger partial charge in [0.1, 0.15) is 5.69 Å². The molecule has 0 spiro atoms. The van der Waals surface area contributed by atoms with Crippen LogP contribution in [-0.2, 0) is 19.4 Å². The number of nitrogens with zero attached hydrogens (tertiary/aromatic N) is 3. The van der Waals surface area contributed by atoms with Crippen molar-refractivity contribution in [2.45, 2.75) is 63.3 Å². The number of carbonyl (C=O) groups is 1. The Balaban J connectivity index is 0.00000160. The van der Waals surface area contributed by atoms with Crippen LogP contribution in [0.4, 0.5) is 0 Å². The zero-order chi connectivity index (χ0) is 19.7. The Bertz CT molecular complexity index is 870. The average molecular weight is 393 g/mol. The molecular weight excluding hydrogens is 365 g/mol. The fraction of sp³-hybridized carbons (Fsp3) is 0.550. The summed E-state index contributed by atoms with van der Waals surface area (Å²) >= 11 is 0. The molecular formula is C20H28LiN5O3. The topological polar surface area (TPSA) is 126 Å². The van der Waals surface area contributed by atoms with E-state index in [4.69, 9.17) is 5.73 Å². The van der Waals surface area contributed by atoms with Crippen molar-refractivity contribution in [2.75, 3.05) is 6.54 Å². The van der Waals surface area contributed by atoms with E-state index in [0.717, 1.165) is 48.8 Å². The van der Waals surface area contributed by atoms with Gasteiger partial charge in [-0.05, 0) is 50.2 Å². The first-order valence-corrected chi connectivity index (χ1v) is 9.96. The molecule has 2 aliphatic carbocycles. The number of aryl methyl sites for hydroxylation is 1. The van der Waals surface area contributed by atoms with Gasteiger partial charge in [0, 0.05) is 42.1 Å². The molecule has 1 saturated carbocycles. The van der Waals surface area contributed by atoms with E-state index < -0.39 is 12.1 Å². The first-order chi connectivity index (χ1) is 13.5. The van der Waals surface area contributed by atoms with E-state index >= 15 is 0 Å². The predicted octanol–water partition coefficient (Wildman–Crippen LogP) is -1.92. The first kappa shape index (κ1) is 22.0. The van der Waals surface area contributed by atoms with Crippen LogP contribution in [0.15, 0.2) is 18.5 Å². The van der Waals surface area contributed by atoms with E-state index in [-0.39, 0.29) is 38.6 Å². The molecule has 8 nitrogen and oxygen atoms in total. The van der Waals surface area contributed by atoms with Gasteiger partial charge < -0.3 is 22.7 Å². The number of aromatic carboxylic acids is 1. The van der Waals surface area contributed by atoms with Crippen LogP contribution in [0.3, 0.4) is 0 Å². The van der Waals surface area contributed by atoms with Crippen molar-refractivity contribution in [1.29, 1.82) is 0 Å². The van der Waals surface area contributed by atoms with Gasteiger partial charge in [-0.3, -0.25) is 9.67 Å². The van der Waals surface area contributed by atoms with Crippen molar-refractivity contribution in [2.24, 2.45) is 5.73 Å². The molecule has 1 fully saturated rings. The maximum atomic E-state index is 11.9. The van der Waals surface area contributed by atoms with Crippen LogP contribution < -0.4 is 29.9 Å². The van der Waals surface area contributed by atoms with Gasteiger partial charge in [-0.1, -0.05) is 0 Å². The molecule has 29 heavy (non-hydrogen) atoms. The molecule has 4 rings (SSSR count). The minimum absolute atomic E-state index is 0. The van der Waals surface area contributed by atoms with E-state index in [1.54, 1.807) is 6.20 Å². The van der Waals surface area contributed by atoms with Crippen molar-refractivity contribution >= 4 is 5.97 Å². The zero-order valence-corrected chi connectivity index (χ0v) is 16.8. The van der Waals surface area contributed by atoms with Gasteiger partial charge in [-0.25, -0.2) is 4.79 Å². The van der Waals surface area contributed by atoms with Crippen LogP contribution in [0, 0.1) is 0 Å². The normalized spacial score (nSPS) is 21.6. The molecule has 0 amide bonds. The van der Waals surface area contributed by atoms with Crippen molar-refractivity contribution < 1.29 is 35.3 Å². The second-order valence-corrected chi connectivity index (χ2v) is 7.87. The molecule has 2 aromatic rings. The second kappa shape index (κ2) is 9.41. The number of hydrogen-bond acceptors (Lipinski definition) is 6. The largest absolute Gasteiger partial charge is 1.00 e. The van der Waals surface area contributed by atoms with Crippen LogP contribution in [0.1, 0.15) is 48.7 Å². The molecule has 9 heteroatoms. The predicted molar refractivity (Wildman–Crippen MR) is 105 cm³/mol. The summed E-state index contributed by atoms with van der Waals surface area (Å²) < 4.78 is 1.45. The van der Waals surface area contributed by atoms with Crippen LogP contribution in [0.5, 0.6) is 0 Å². The molecule has 0 aliphatic heterocycles. The van der Waals surface area contributed by atoms with Crippen LogP contribution in [-0.4, -0.2) is 55.7 Å². The van der Waals surface area contributed by atoms with Gasteiger partial charge in [0.05, 0.1) is 18.3 Å². The summed E-state index contributed by atoms with van der Waals surface area (Å²) in [6.45, 7) is 0.554. The first-order valence-electron chi connectivity index (χ1n) is 9.96. The summed E-state index contributed by atoms with van der Waals surface area (Å²) in [5, 5.41) is 28.2. The Kier molecular flexibility index (Phi) is 7.14. The van der Waals surface area contributed by atoms with Gasteiger partial charge >= 0.3 is 24.8 Å². The second-order valence-electron chi connectivity index (χ2n) is 7.87. The number of rotatable bonds is 6. The van der Waals surface area contributed by atoms with E-state index in [2.05, 4.69) is 15.4 Å². The van der Waals surface area contributed by atoms with Gasteiger partial charge in [0.2, 0.25) is 0 Å². The molecule has 1 atom stereocenters. The molecule has 0 radical (unpaired) electrons. The number of aliphatic hydroxyl groups excluding tert-OH is 1. The minimum atomic E-state index is -1.01. The van der Waals surface area contributed by atoms with Crippen molar-refractivity contribution in [3.8, 4) is 11.3 Å². The quantitative estimate of drug-likeness (QED) is 0.422. The molecule has 2 heterocycles. The summed E-state index contributed by atoms with van der Waals surface area (Å²) in [5.41, 5.74) is 9.57. The smallest absolute Gasteiger partial charge is 1.00 e. The number of nitrogens with two attached hydrogens (primary N) is 1. The van der Waals surface area contributed by atoms with E-state index in [0.29, 0.717) is 24.7 Å². The summed E-state index contributed by atoms with van der Waals surface area (Å²) in [6.07, 6.45) is 8.17. The molecule has 0 aromatic carbocycles. The maximum absolute atomic E-state index is 11.9. The molecule has 0 bridgehead atoms. The fourth-order valence-electron chi connectivity index (χ4n) is 4.33.